The zero-order chi connectivity index (χ0) is 24.4. The maximum absolute atomic E-state index is 13.2. The van der Waals surface area contributed by atoms with E-state index in [0.717, 1.165) is 38.5 Å². The lowest BCUT2D eigenvalue weighted by Crippen LogP contribution is -2.44. The largest absolute Gasteiger partial charge is 0.352 e. The van der Waals surface area contributed by atoms with Crippen molar-refractivity contribution in [3.8, 4) is 0 Å². The van der Waals surface area contributed by atoms with Gasteiger partial charge in [-0.05, 0) is 68.0 Å². The van der Waals surface area contributed by atoms with Gasteiger partial charge in [0.2, 0.25) is 15.9 Å². The summed E-state index contributed by atoms with van der Waals surface area (Å²) in [6, 6.07) is 16.0. The van der Waals surface area contributed by atoms with E-state index in [1.165, 1.54) is 28.1 Å². The number of carbonyl (C=O) groups excluding carboxylic acids is 2. The topological polar surface area (TPSA) is 95.6 Å². The monoisotopic (exact) mass is 483 g/mol. The second-order valence-corrected chi connectivity index (χ2v) is 10.4. The van der Waals surface area contributed by atoms with E-state index in [1.54, 1.807) is 12.1 Å². The number of hydrogen-bond acceptors (Lipinski definition) is 4. The molecule has 8 heteroatoms. The van der Waals surface area contributed by atoms with Crippen molar-refractivity contribution in [1.29, 1.82) is 0 Å². The first-order chi connectivity index (χ1) is 16.4. The summed E-state index contributed by atoms with van der Waals surface area (Å²) in [5.41, 5.74) is 1.71. The summed E-state index contributed by atoms with van der Waals surface area (Å²) >= 11 is 0. The van der Waals surface area contributed by atoms with Crippen LogP contribution in [0.5, 0.6) is 0 Å². The molecule has 0 aromatic heterocycles. The molecular weight excluding hydrogens is 450 g/mol. The smallest absolute Gasteiger partial charge is 0.251 e. The van der Waals surface area contributed by atoms with Crippen molar-refractivity contribution in [2.24, 2.45) is 0 Å². The van der Waals surface area contributed by atoms with Crippen molar-refractivity contribution in [1.82, 2.24) is 14.9 Å². The summed E-state index contributed by atoms with van der Waals surface area (Å²) in [5.74, 6) is -0.523. The highest BCUT2D eigenvalue weighted by molar-refractivity contribution is 7.89. The van der Waals surface area contributed by atoms with Crippen LogP contribution < -0.4 is 10.6 Å². The normalized spacial score (nSPS) is 16.9. The lowest BCUT2D eigenvalue weighted by Gasteiger charge is -2.24. The van der Waals surface area contributed by atoms with Gasteiger partial charge in [0.05, 0.1) is 4.90 Å². The number of amides is 2. The molecule has 2 amide bonds. The van der Waals surface area contributed by atoms with Crippen molar-refractivity contribution in [2.75, 3.05) is 19.6 Å². The van der Waals surface area contributed by atoms with Crippen LogP contribution in [0.2, 0.25) is 0 Å². The Bertz CT molecular complexity index is 1070. The number of hydrogen-bond donors (Lipinski definition) is 2. The first-order valence-corrected chi connectivity index (χ1v) is 13.2. The van der Waals surface area contributed by atoms with Crippen molar-refractivity contribution >= 4 is 21.8 Å². The highest BCUT2D eigenvalue weighted by Gasteiger charge is 2.29. The summed E-state index contributed by atoms with van der Waals surface area (Å²) in [7, 11) is -3.73. The van der Waals surface area contributed by atoms with Gasteiger partial charge in [-0.3, -0.25) is 9.59 Å². The van der Waals surface area contributed by atoms with Crippen molar-refractivity contribution in [3.05, 3.63) is 78.4 Å². The Morgan fingerprint density at radius 2 is 1.76 bits per heavy atom. The fourth-order valence-electron chi connectivity index (χ4n) is 4.03. The zero-order valence-corrected chi connectivity index (χ0v) is 20.2. The standard InChI is InChI=1S/C26H33N3O4S/c1-2-25(30)28-23-13-7-9-19-29(20-23)34(32,33)24-16-14-22(15-17-24)26(31)27-18-8-6-12-21-10-4-3-5-11-21/h2-5,10-11,14-17,23H,1,6-9,12-13,18-20H2,(H,27,31)(H,28,30). The van der Waals surface area contributed by atoms with Crippen LogP contribution in [-0.2, 0) is 21.2 Å². The van der Waals surface area contributed by atoms with Gasteiger partial charge in [-0.25, -0.2) is 8.42 Å². The van der Waals surface area contributed by atoms with Crippen LogP contribution in [-0.4, -0.2) is 50.2 Å². The Balaban J connectivity index is 1.53. The van der Waals surface area contributed by atoms with Gasteiger partial charge in [-0.15, -0.1) is 0 Å². The average molecular weight is 484 g/mol. The molecule has 0 bridgehead atoms. The number of aryl methyl sites for hydroxylation is 1. The van der Waals surface area contributed by atoms with Crippen LogP contribution in [0.4, 0.5) is 0 Å². The number of nitrogens with zero attached hydrogens (tertiary/aromatic N) is 1. The van der Waals surface area contributed by atoms with Crippen LogP contribution in [0.25, 0.3) is 0 Å². The molecule has 2 aromatic rings. The van der Waals surface area contributed by atoms with Crippen LogP contribution in [0.3, 0.4) is 0 Å². The maximum Gasteiger partial charge on any atom is 0.251 e. The number of rotatable bonds is 10. The lowest BCUT2D eigenvalue weighted by atomic mass is 10.1. The van der Waals surface area contributed by atoms with E-state index < -0.39 is 10.0 Å². The second kappa shape index (κ2) is 12.5. The molecule has 0 radical (unpaired) electrons. The first-order valence-electron chi connectivity index (χ1n) is 11.8. The van der Waals surface area contributed by atoms with Crippen molar-refractivity contribution in [2.45, 2.75) is 49.5 Å². The third-order valence-electron chi connectivity index (χ3n) is 5.94. The van der Waals surface area contributed by atoms with Crippen LogP contribution in [0.15, 0.2) is 72.1 Å². The molecular formula is C26H33N3O4S. The second-order valence-electron chi connectivity index (χ2n) is 8.49. The highest BCUT2D eigenvalue weighted by Crippen LogP contribution is 2.21. The van der Waals surface area contributed by atoms with E-state index >= 15 is 0 Å². The van der Waals surface area contributed by atoms with Gasteiger partial charge in [0.1, 0.15) is 0 Å². The van der Waals surface area contributed by atoms with E-state index in [9.17, 15) is 18.0 Å². The molecule has 1 atom stereocenters. The number of unbranched alkanes of at least 4 members (excludes halogenated alkanes) is 1. The van der Waals surface area contributed by atoms with Gasteiger partial charge in [0.25, 0.3) is 5.91 Å². The number of nitrogens with one attached hydrogen (secondary N) is 2. The van der Waals surface area contributed by atoms with E-state index in [-0.39, 0.29) is 29.3 Å². The summed E-state index contributed by atoms with van der Waals surface area (Å²) in [6.45, 7) is 4.63. The van der Waals surface area contributed by atoms with Gasteiger partial charge in [0, 0.05) is 31.2 Å². The fraction of sp³-hybridized carbons (Fsp3) is 0.385. The molecule has 1 heterocycles. The summed E-state index contributed by atoms with van der Waals surface area (Å²) in [5, 5.41) is 5.71. The summed E-state index contributed by atoms with van der Waals surface area (Å²) in [4.78, 5) is 24.2. The van der Waals surface area contributed by atoms with Gasteiger partial charge >= 0.3 is 0 Å². The molecule has 7 nitrogen and oxygen atoms in total. The third kappa shape index (κ3) is 7.27. The Kier molecular flexibility index (Phi) is 9.42. The molecule has 2 N–H and O–H groups in total. The zero-order valence-electron chi connectivity index (χ0n) is 19.4. The number of sulfonamides is 1. The molecule has 3 rings (SSSR count). The molecule has 34 heavy (non-hydrogen) atoms. The minimum absolute atomic E-state index is 0.141. The van der Waals surface area contributed by atoms with Gasteiger partial charge in [-0.2, -0.15) is 4.31 Å². The average Bonchev–Trinajstić information content (AvgIpc) is 3.10. The molecule has 0 aliphatic carbocycles. The molecule has 0 spiro atoms. The minimum atomic E-state index is -3.73. The highest BCUT2D eigenvalue weighted by atomic mass is 32.2. The molecule has 1 aliphatic heterocycles. The summed E-state index contributed by atoms with van der Waals surface area (Å²) < 4.78 is 27.8. The first kappa shape index (κ1) is 25.6. The Morgan fingerprint density at radius 1 is 1.03 bits per heavy atom. The molecule has 1 aliphatic rings. The molecule has 0 saturated carbocycles. The maximum atomic E-state index is 13.2. The van der Waals surface area contributed by atoms with E-state index in [1.807, 2.05) is 18.2 Å². The summed E-state index contributed by atoms with van der Waals surface area (Å²) in [6.07, 6.45) is 6.28. The quantitative estimate of drug-likeness (QED) is 0.400. The Morgan fingerprint density at radius 3 is 2.47 bits per heavy atom. The van der Waals surface area contributed by atoms with E-state index in [0.29, 0.717) is 18.7 Å². The predicted octanol–water partition coefficient (Wildman–Crippen LogP) is 3.28. The third-order valence-corrected chi connectivity index (χ3v) is 7.82. The molecule has 1 fully saturated rings. The lowest BCUT2D eigenvalue weighted by molar-refractivity contribution is -0.117. The van der Waals surface area contributed by atoms with Crippen LogP contribution in [0.1, 0.15) is 48.0 Å². The molecule has 1 unspecified atom stereocenters. The molecule has 182 valence electrons. The van der Waals surface area contributed by atoms with E-state index in [2.05, 4.69) is 29.3 Å². The fourth-order valence-corrected chi connectivity index (χ4v) is 5.56. The van der Waals surface area contributed by atoms with Gasteiger partial charge in [0.15, 0.2) is 0 Å². The predicted molar refractivity (Wildman–Crippen MR) is 133 cm³/mol. The Labute approximate surface area is 202 Å². The number of carbonyl (C=O) groups is 2. The molecule has 2 aromatic carbocycles. The Hall–Kier alpha value is -2.97. The van der Waals surface area contributed by atoms with E-state index in [4.69, 9.17) is 0 Å². The SMILES string of the molecule is C=CC(=O)NC1CCCCN(S(=O)(=O)c2ccc(C(=O)NCCCCc3ccccc3)cc2)C1. The van der Waals surface area contributed by atoms with Crippen LogP contribution in [0, 0.1) is 0 Å². The van der Waals surface area contributed by atoms with Gasteiger partial charge < -0.3 is 10.6 Å². The van der Waals surface area contributed by atoms with Crippen molar-refractivity contribution < 1.29 is 18.0 Å². The van der Waals surface area contributed by atoms with Crippen LogP contribution >= 0.6 is 0 Å². The number of benzene rings is 2. The minimum Gasteiger partial charge on any atom is -0.352 e. The van der Waals surface area contributed by atoms with Gasteiger partial charge in [-0.1, -0.05) is 43.3 Å². The molecule has 1 saturated heterocycles. The van der Waals surface area contributed by atoms with Crippen molar-refractivity contribution in [3.63, 3.8) is 0 Å².